The molecule has 0 saturated carbocycles. The molecule has 4 aromatic heterocycles. The minimum Gasteiger partial charge on any atom is -0.237 e. The lowest BCUT2D eigenvalue weighted by Gasteiger charge is -1.93. The van der Waals surface area contributed by atoms with E-state index in [2.05, 4.69) is 111 Å². The van der Waals surface area contributed by atoms with E-state index in [0.717, 1.165) is 59.6 Å². The van der Waals surface area contributed by atoms with Crippen molar-refractivity contribution in [2.24, 2.45) is 0 Å². The molecule has 8 rings (SSSR count). The van der Waals surface area contributed by atoms with E-state index in [1.165, 1.54) is 22.3 Å². The number of aromatic nitrogens is 4. The van der Waals surface area contributed by atoms with Gasteiger partial charge in [0.2, 0.25) is 0 Å². The molecule has 8 aromatic rings. The normalized spacial score (nSPS) is 12.3. The molecule has 0 atom stereocenters. The van der Waals surface area contributed by atoms with Crippen molar-refractivity contribution in [3.8, 4) is 0 Å². The Morgan fingerprint density at radius 2 is 0.837 bits per heavy atom. The van der Waals surface area contributed by atoms with E-state index in [1.807, 2.05) is 0 Å². The smallest absolute Gasteiger partial charge is 0.158 e. The second kappa shape index (κ2) is 11.1. The highest BCUT2D eigenvalue weighted by atomic mass is 32.2. The van der Waals surface area contributed by atoms with Crippen molar-refractivity contribution in [3.05, 3.63) is 105 Å². The van der Waals surface area contributed by atoms with Gasteiger partial charge in [0, 0.05) is 0 Å². The quantitative estimate of drug-likeness (QED) is 0.180. The highest BCUT2D eigenvalue weighted by Crippen LogP contribution is 2.41. The summed E-state index contributed by atoms with van der Waals surface area (Å²) in [6, 6.07) is 25.7. The van der Waals surface area contributed by atoms with E-state index in [-0.39, 0.29) is 0 Å². The van der Waals surface area contributed by atoms with E-state index in [0.29, 0.717) is 0 Å². The number of aryl methyl sites for hydroxylation is 2. The van der Waals surface area contributed by atoms with Gasteiger partial charge in [-0.1, -0.05) is 71.8 Å². The monoisotopic (exact) mass is 646 g/mol. The number of hydrogen-bond donors (Lipinski definition) is 0. The fourth-order valence-corrected chi connectivity index (χ4v) is 9.82. The zero-order chi connectivity index (χ0) is 28.9. The average Bonchev–Trinajstić information content (AvgIpc) is 3.77. The Balaban J connectivity index is 1.01. The number of hydrogen-bond acceptors (Lipinski definition) is 9. The lowest BCUT2D eigenvalue weighted by atomic mass is 10.1. The third kappa shape index (κ3) is 5.67. The Morgan fingerprint density at radius 1 is 0.465 bits per heavy atom. The number of thiazole rings is 4. The Morgan fingerprint density at radius 3 is 1.26 bits per heavy atom. The van der Waals surface area contributed by atoms with Gasteiger partial charge in [-0.15, -0.1) is 45.3 Å². The summed E-state index contributed by atoms with van der Waals surface area (Å²) in [5.41, 5.74) is 8.93. The second-order valence-corrected chi connectivity index (χ2v) is 15.9. The van der Waals surface area contributed by atoms with Crippen molar-refractivity contribution in [1.29, 1.82) is 0 Å². The lowest BCUT2D eigenvalue weighted by molar-refractivity contribution is 1.26. The van der Waals surface area contributed by atoms with Crippen LogP contribution in [-0.4, -0.2) is 19.9 Å². The molecule has 208 valence electrons. The van der Waals surface area contributed by atoms with Gasteiger partial charge >= 0.3 is 0 Å². The van der Waals surface area contributed by atoms with Crippen LogP contribution in [0.15, 0.2) is 81.5 Å². The van der Waals surface area contributed by atoms with Crippen molar-refractivity contribution in [1.82, 2.24) is 19.9 Å². The van der Waals surface area contributed by atoms with Crippen LogP contribution in [0.4, 0.5) is 0 Å². The molecule has 4 nitrogen and oxygen atoms in total. The molecule has 0 amide bonds. The van der Waals surface area contributed by atoms with Crippen molar-refractivity contribution in [2.45, 2.75) is 22.5 Å². The van der Waals surface area contributed by atoms with Gasteiger partial charge in [-0.2, -0.15) is 0 Å². The predicted octanol–water partition coefficient (Wildman–Crippen LogP) is 11.2. The summed E-state index contributed by atoms with van der Waals surface area (Å²) in [4.78, 5) is 19.6. The highest BCUT2D eigenvalue weighted by molar-refractivity contribution is 8.02. The van der Waals surface area contributed by atoms with E-state index < -0.39 is 0 Å². The van der Waals surface area contributed by atoms with Gasteiger partial charge in [0.05, 0.1) is 40.9 Å². The molecule has 9 heteroatoms. The first kappa shape index (κ1) is 26.9. The summed E-state index contributed by atoms with van der Waals surface area (Å²) in [5, 5.41) is 2.00. The van der Waals surface area contributed by atoms with Crippen LogP contribution in [0.2, 0.25) is 0 Å². The van der Waals surface area contributed by atoms with Crippen molar-refractivity contribution in [3.63, 3.8) is 0 Å². The summed E-state index contributed by atoms with van der Waals surface area (Å²) in [7, 11) is 0. The van der Waals surface area contributed by atoms with E-state index >= 15 is 0 Å². The van der Waals surface area contributed by atoms with Crippen LogP contribution in [0.3, 0.4) is 0 Å². The first-order valence-corrected chi connectivity index (χ1v) is 17.7. The fraction of sp³-hybridized carbons (Fsp3) is 0.0588. The number of nitrogens with zero attached hydrogens (tertiary/aromatic N) is 4. The summed E-state index contributed by atoms with van der Waals surface area (Å²) >= 11 is 8.42. The molecular formula is C34H22N4S5. The SMILES string of the molecule is Cc1ccc(C=Cc2nc3cc4sc(Sc5nc6cc7sc(C=Cc8ccc(C)cc8)nc7cc6s5)nc4cc3s2)cc1. The molecule has 0 unspecified atom stereocenters. The standard InChI is InChI=1S/C34H22N4S5/c1-19-3-7-21(8-4-19)11-13-31-35-23-15-29-25(17-27(23)39-31)37-33(41-29)43-34-38-26-18-28-24(16-30(26)42-34)36-32(40-28)14-12-22-9-5-20(2)6-10-22/h3-18H,1-2H3. The zero-order valence-corrected chi connectivity index (χ0v) is 27.2. The molecule has 4 heterocycles. The molecule has 0 aliphatic rings. The second-order valence-electron chi connectivity index (χ2n) is 10.2. The number of fused-ring (bicyclic) bond motifs is 4. The first-order chi connectivity index (χ1) is 21.0. The maximum Gasteiger partial charge on any atom is 0.158 e. The first-order valence-electron chi connectivity index (χ1n) is 13.6. The van der Waals surface area contributed by atoms with E-state index in [4.69, 9.17) is 19.9 Å². The third-order valence-corrected chi connectivity index (χ3v) is 12.1. The molecule has 0 saturated heterocycles. The Labute approximate surface area is 268 Å². The van der Waals surface area contributed by atoms with Crippen LogP contribution >= 0.6 is 57.1 Å². The lowest BCUT2D eigenvalue weighted by Crippen LogP contribution is -1.74. The van der Waals surface area contributed by atoms with Gasteiger partial charge in [0.1, 0.15) is 10.0 Å². The Hall–Kier alpha value is -3.73. The number of benzene rings is 4. The van der Waals surface area contributed by atoms with Crippen molar-refractivity contribution >= 4 is 122 Å². The maximum absolute atomic E-state index is 4.94. The molecular weight excluding hydrogens is 625 g/mol. The molecule has 0 aliphatic heterocycles. The van der Waals surface area contributed by atoms with Crippen LogP contribution < -0.4 is 0 Å². The largest absolute Gasteiger partial charge is 0.237 e. The van der Waals surface area contributed by atoms with Crippen LogP contribution in [0.1, 0.15) is 32.3 Å². The predicted molar refractivity (Wildman–Crippen MR) is 190 cm³/mol. The van der Waals surface area contributed by atoms with Gasteiger partial charge in [0.25, 0.3) is 0 Å². The Bertz CT molecular complexity index is 2070. The molecule has 0 fully saturated rings. The van der Waals surface area contributed by atoms with E-state index in [1.54, 1.807) is 57.1 Å². The molecule has 43 heavy (non-hydrogen) atoms. The topological polar surface area (TPSA) is 51.6 Å². The summed E-state index contributed by atoms with van der Waals surface area (Å²) in [5.74, 6) is 0. The van der Waals surface area contributed by atoms with Crippen molar-refractivity contribution < 1.29 is 0 Å². The minimum atomic E-state index is 0.995. The summed E-state index contributed by atoms with van der Waals surface area (Å²) in [6.07, 6.45) is 8.42. The van der Waals surface area contributed by atoms with Gasteiger partial charge in [-0.05, 0) is 73.2 Å². The highest BCUT2D eigenvalue weighted by Gasteiger charge is 2.14. The number of rotatable bonds is 6. The van der Waals surface area contributed by atoms with Crippen LogP contribution in [0.25, 0.3) is 65.2 Å². The van der Waals surface area contributed by atoms with Crippen molar-refractivity contribution in [2.75, 3.05) is 0 Å². The molecule has 0 N–H and O–H groups in total. The van der Waals surface area contributed by atoms with Gasteiger partial charge in [-0.3, -0.25) is 0 Å². The fourth-order valence-electron chi connectivity index (χ4n) is 4.69. The summed E-state index contributed by atoms with van der Waals surface area (Å²) in [6.45, 7) is 4.20. The minimum absolute atomic E-state index is 0.995. The molecule has 0 radical (unpaired) electrons. The zero-order valence-electron chi connectivity index (χ0n) is 23.1. The third-order valence-electron chi connectivity index (χ3n) is 6.96. The molecule has 0 aliphatic carbocycles. The van der Waals surface area contributed by atoms with Crippen LogP contribution in [0, 0.1) is 13.8 Å². The van der Waals surface area contributed by atoms with Gasteiger partial charge < -0.3 is 0 Å². The van der Waals surface area contributed by atoms with Gasteiger partial charge in [0.15, 0.2) is 8.68 Å². The van der Waals surface area contributed by atoms with Crippen LogP contribution in [-0.2, 0) is 0 Å². The maximum atomic E-state index is 4.94. The van der Waals surface area contributed by atoms with Gasteiger partial charge in [-0.25, -0.2) is 19.9 Å². The Kier molecular flexibility index (Phi) is 6.92. The average molecular weight is 647 g/mol. The molecule has 0 bridgehead atoms. The molecule has 4 aromatic carbocycles. The van der Waals surface area contributed by atoms with E-state index in [9.17, 15) is 0 Å². The summed E-state index contributed by atoms with van der Waals surface area (Å²) < 4.78 is 6.58. The molecule has 0 spiro atoms. The van der Waals surface area contributed by atoms with Crippen LogP contribution in [0.5, 0.6) is 0 Å².